The van der Waals surface area contributed by atoms with Crippen molar-refractivity contribution >= 4 is 27.0 Å². The summed E-state index contributed by atoms with van der Waals surface area (Å²) >= 11 is 1.17. The summed E-state index contributed by atoms with van der Waals surface area (Å²) in [7, 11) is -1.20. The zero-order chi connectivity index (χ0) is 14.3. The third kappa shape index (κ3) is 2.72. The number of nitrogen functional groups attached to an aromatic ring is 1. The summed E-state index contributed by atoms with van der Waals surface area (Å²) in [5.74, 6) is 0.454. The van der Waals surface area contributed by atoms with Crippen LogP contribution in [-0.2, 0) is 10.0 Å². The van der Waals surface area contributed by atoms with Crippen molar-refractivity contribution in [1.29, 1.82) is 0 Å². The van der Waals surface area contributed by atoms with E-state index in [0.29, 0.717) is 34.4 Å². The number of thiophene rings is 1. The molecule has 2 fully saturated rings. The van der Waals surface area contributed by atoms with Crippen molar-refractivity contribution in [3.63, 3.8) is 0 Å². The third-order valence-electron chi connectivity index (χ3n) is 4.62. The largest absolute Gasteiger partial charge is 0.398 e. The molecule has 2 unspecified atom stereocenters. The maximum absolute atomic E-state index is 12.2. The van der Waals surface area contributed by atoms with Crippen LogP contribution < -0.4 is 10.5 Å². The Bertz CT molecular complexity index is 570. The fourth-order valence-electron chi connectivity index (χ4n) is 3.46. The standard InChI is InChI=1S/C13H21N3O2S2/c1-16-11-2-3-12(16)5-9(4-11)7-15-20(17,18)13-6-10(14)8-19-13/h6,8-9,11-12,15H,2-5,7,14H2,1H3. The molecule has 0 radical (unpaired) electrons. The van der Waals surface area contributed by atoms with E-state index in [1.54, 1.807) is 5.38 Å². The van der Waals surface area contributed by atoms with Crippen LogP contribution in [-0.4, -0.2) is 39.0 Å². The lowest BCUT2D eigenvalue weighted by molar-refractivity contribution is 0.135. The molecule has 2 aliphatic rings. The van der Waals surface area contributed by atoms with Gasteiger partial charge in [0.25, 0.3) is 0 Å². The maximum Gasteiger partial charge on any atom is 0.250 e. The first-order chi connectivity index (χ1) is 9.45. The molecular weight excluding hydrogens is 294 g/mol. The van der Waals surface area contributed by atoms with Crippen molar-refractivity contribution in [2.75, 3.05) is 19.3 Å². The molecule has 5 nitrogen and oxygen atoms in total. The number of nitrogens with zero attached hydrogens (tertiary/aromatic N) is 1. The van der Waals surface area contributed by atoms with Gasteiger partial charge in [0.05, 0.1) is 0 Å². The minimum Gasteiger partial charge on any atom is -0.398 e. The second-order valence-corrected chi connectivity index (χ2v) is 8.84. The summed E-state index contributed by atoms with van der Waals surface area (Å²) in [6.07, 6.45) is 4.71. The number of nitrogens with two attached hydrogens (primary N) is 1. The SMILES string of the molecule is CN1C2CCC1CC(CNS(=O)(=O)c1cc(N)cs1)C2. The Kier molecular flexibility index (Phi) is 3.79. The summed E-state index contributed by atoms with van der Waals surface area (Å²) in [6.45, 7) is 0.543. The highest BCUT2D eigenvalue weighted by molar-refractivity contribution is 7.91. The van der Waals surface area contributed by atoms with E-state index in [4.69, 9.17) is 5.73 Å². The molecule has 0 amide bonds. The molecule has 3 N–H and O–H groups in total. The van der Waals surface area contributed by atoms with Crippen molar-refractivity contribution in [1.82, 2.24) is 9.62 Å². The van der Waals surface area contributed by atoms with Gasteiger partial charge in [-0.15, -0.1) is 11.3 Å². The molecule has 3 heterocycles. The second-order valence-electron chi connectivity index (χ2n) is 5.94. The average molecular weight is 315 g/mol. The van der Waals surface area contributed by atoms with Gasteiger partial charge in [-0.2, -0.15) is 0 Å². The van der Waals surface area contributed by atoms with Gasteiger partial charge < -0.3 is 10.6 Å². The van der Waals surface area contributed by atoms with Crippen LogP contribution in [0.5, 0.6) is 0 Å². The predicted molar refractivity (Wildman–Crippen MR) is 81.2 cm³/mol. The summed E-state index contributed by atoms with van der Waals surface area (Å²) in [6, 6.07) is 2.80. The molecule has 1 aromatic rings. The van der Waals surface area contributed by atoms with Gasteiger partial charge in [0.1, 0.15) is 4.21 Å². The highest BCUT2D eigenvalue weighted by Gasteiger charge is 2.38. The Morgan fingerprint density at radius 3 is 2.60 bits per heavy atom. The molecule has 112 valence electrons. The van der Waals surface area contributed by atoms with Gasteiger partial charge in [0, 0.05) is 29.7 Å². The van der Waals surface area contributed by atoms with Gasteiger partial charge in [-0.1, -0.05) is 0 Å². The Hall–Kier alpha value is -0.630. The van der Waals surface area contributed by atoms with Crippen molar-refractivity contribution in [2.45, 2.75) is 42.0 Å². The fraction of sp³-hybridized carbons (Fsp3) is 0.692. The molecule has 3 rings (SSSR count). The summed E-state index contributed by atoms with van der Waals surface area (Å²) < 4.78 is 27.4. The zero-order valence-corrected chi connectivity index (χ0v) is 13.2. The van der Waals surface area contributed by atoms with Crippen LogP contribution in [0.3, 0.4) is 0 Å². The highest BCUT2D eigenvalue weighted by Crippen LogP contribution is 2.37. The lowest BCUT2D eigenvalue weighted by atomic mass is 9.91. The van der Waals surface area contributed by atoms with E-state index in [9.17, 15) is 8.42 Å². The number of fused-ring (bicyclic) bond motifs is 2. The zero-order valence-electron chi connectivity index (χ0n) is 11.6. The van der Waals surface area contributed by atoms with Gasteiger partial charge in [-0.25, -0.2) is 13.1 Å². The molecule has 2 atom stereocenters. The Balaban J connectivity index is 1.60. The van der Waals surface area contributed by atoms with Crippen LogP contribution >= 0.6 is 11.3 Å². The third-order valence-corrected chi connectivity index (χ3v) is 7.50. The minimum absolute atomic E-state index is 0.311. The Morgan fingerprint density at radius 2 is 2.05 bits per heavy atom. The number of hydrogen-bond acceptors (Lipinski definition) is 5. The van der Waals surface area contributed by atoms with Crippen LogP contribution in [0.1, 0.15) is 25.7 Å². The molecule has 1 aromatic heterocycles. The van der Waals surface area contributed by atoms with E-state index in [-0.39, 0.29) is 0 Å². The quantitative estimate of drug-likeness (QED) is 0.882. The molecule has 20 heavy (non-hydrogen) atoms. The van der Waals surface area contributed by atoms with Gasteiger partial charge in [0.15, 0.2) is 0 Å². The predicted octanol–water partition coefficient (Wildman–Crippen LogP) is 1.48. The summed E-state index contributed by atoms with van der Waals surface area (Å²) in [4.78, 5) is 2.46. The molecule has 0 saturated carbocycles. The number of sulfonamides is 1. The van der Waals surface area contributed by atoms with E-state index in [0.717, 1.165) is 12.8 Å². The number of rotatable bonds is 4. The van der Waals surface area contributed by atoms with E-state index in [1.165, 1.54) is 30.2 Å². The monoisotopic (exact) mass is 315 g/mol. The van der Waals surface area contributed by atoms with Gasteiger partial charge in [-0.3, -0.25) is 0 Å². The first-order valence-electron chi connectivity index (χ1n) is 7.01. The number of anilines is 1. The molecule has 2 bridgehead atoms. The Morgan fingerprint density at radius 1 is 1.40 bits per heavy atom. The van der Waals surface area contributed by atoms with E-state index >= 15 is 0 Å². The molecule has 0 spiro atoms. The van der Waals surface area contributed by atoms with Crippen molar-refractivity contribution < 1.29 is 8.42 Å². The average Bonchev–Trinajstić information content (AvgIpc) is 2.89. The topological polar surface area (TPSA) is 75.4 Å². The molecular formula is C13H21N3O2S2. The molecule has 0 aliphatic carbocycles. The summed E-state index contributed by atoms with van der Waals surface area (Å²) in [5.41, 5.74) is 6.09. The summed E-state index contributed by atoms with van der Waals surface area (Å²) in [5, 5.41) is 1.66. The van der Waals surface area contributed by atoms with Gasteiger partial charge in [0.2, 0.25) is 10.0 Å². The molecule has 2 saturated heterocycles. The minimum atomic E-state index is -3.39. The maximum atomic E-state index is 12.2. The molecule has 7 heteroatoms. The van der Waals surface area contributed by atoms with E-state index in [2.05, 4.69) is 16.7 Å². The number of nitrogens with one attached hydrogen (secondary N) is 1. The van der Waals surface area contributed by atoms with Gasteiger partial charge in [-0.05, 0) is 44.7 Å². The van der Waals surface area contributed by atoms with Crippen molar-refractivity contribution in [3.05, 3.63) is 11.4 Å². The lowest BCUT2D eigenvalue weighted by Gasteiger charge is -2.36. The smallest absolute Gasteiger partial charge is 0.250 e. The normalized spacial score (nSPS) is 30.8. The van der Waals surface area contributed by atoms with Crippen LogP contribution in [0, 0.1) is 5.92 Å². The van der Waals surface area contributed by atoms with E-state index < -0.39 is 10.0 Å². The van der Waals surface area contributed by atoms with Gasteiger partial charge >= 0.3 is 0 Å². The van der Waals surface area contributed by atoms with Crippen LogP contribution in [0.25, 0.3) is 0 Å². The first-order valence-corrected chi connectivity index (χ1v) is 9.37. The van der Waals surface area contributed by atoms with Crippen molar-refractivity contribution in [2.24, 2.45) is 5.92 Å². The number of piperidine rings is 1. The van der Waals surface area contributed by atoms with E-state index in [1.807, 2.05) is 0 Å². The first kappa shape index (κ1) is 14.3. The van der Waals surface area contributed by atoms with Crippen molar-refractivity contribution in [3.8, 4) is 0 Å². The fourth-order valence-corrected chi connectivity index (χ4v) is 5.70. The van der Waals surface area contributed by atoms with Crippen LogP contribution in [0.15, 0.2) is 15.7 Å². The molecule has 2 aliphatic heterocycles. The van der Waals surface area contributed by atoms with Crippen LogP contribution in [0.4, 0.5) is 5.69 Å². The second kappa shape index (κ2) is 5.29. The number of hydrogen-bond donors (Lipinski definition) is 2. The Labute approximate surface area is 124 Å². The lowest BCUT2D eigenvalue weighted by Crippen LogP contribution is -2.43. The highest BCUT2D eigenvalue weighted by atomic mass is 32.2. The molecule has 0 aromatic carbocycles. The van der Waals surface area contributed by atoms with Crippen LogP contribution in [0.2, 0.25) is 0 Å².